The molecule has 32 heavy (non-hydrogen) atoms. The Morgan fingerprint density at radius 2 is 1.53 bits per heavy atom. The summed E-state index contributed by atoms with van der Waals surface area (Å²) in [7, 11) is 0. The normalized spacial score (nSPS) is 11.3. The van der Waals surface area contributed by atoms with Crippen LogP contribution >= 0.6 is 11.3 Å². The number of rotatable bonds is 15. The molecule has 0 bridgehead atoms. The molecule has 2 aromatic heterocycles. The van der Waals surface area contributed by atoms with Crippen LogP contribution in [-0.2, 0) is 11.2 Å². The highest BCUT2D eigenvalue weighted by Crippen LogP contribution is 2.29. The van der Waals surface area contributed by atoms with E-state index in [9.17, 15) is 4.79 Å². The Bertz CT molecular complexity index is 911. The van der Waals surface area contributed by atoms with E-state index in [2.05, 4.69) is 30.6 Å². The number of nitrogens with zero attached hydrogens (tertiary/aromatic N) is 2. The smallest absolute Gasteiger partial charge is 0.338 e. The van der Waals surface area contributed by atoms with E-state index in [1.54, 1.807) is 11.3 Å². The topological polar surface area (TPSA) is 43.6 Å². The van der Waals surface area contributed by atoms with Crippen LogP contribution in [0.5, 0.6) is 0 Å². The van der Waals surface area contributed by atoms with Crippen molar-refractivity contribution in [2.75, 3.05) is 6.61 Å². The maximum atomic E-state index is 12.3. The maximum Gasteiger partial charge on any atom is 0.338 e. The van der Waals surface area contributed by atoms with Crippen LogP contribution in [0.3, 0.4) is 0 Å². The van der Waals surface area contributed by atoms with Gasteiger partial charge in [-0.25, -0.2) is 9.78 Å². The molecule has 2 heterocycles. The number of aryl methyl sites for hydroxylation is 1. The van der Waals surface area contributed by atoms with Crippen LogP contribution in [0.2, 0.25) is 0 Å². The van der Waals surface area contributed by atoms with Crippen molar-refractivity contribution in [2.45, 2.75) is 90.9 Å². The van der Waals surface area contributed by atoms with E-state index in [1.807, 2.05) is 24.3 Å². The Labute approximate surface area is 197 Å². The van der Waals surface area contributed by atoms with E-state index in [1.165, 1.54) is 63.5 Å². The molecule has 0 saturated heterocycles. The number of hydrogen-bond donors (Lipinski definition) is 0. The van der Waals surface area contributed by atoms with Gasteiger partial charge in [0.2, 0.25) is 0 Å². The van der Waals surface area contributed by atoms with Crippen molar-refractivity contribution < 1.29 is 9.53 Å². The number of thiazole rings is 1. The summed E-state index contributed by atoms with van der Waals surface area (Å²) in [6.45, 7) is 4.98. The van der Waals surface area contributed by atoms with Gasteiger partial charge in [0.25, 0.3) is 0 Å². The summed E-state index contributed by atoms with van der Waals surface area (Å²) < 4.78 is 7.56. The second-order valence-electron chi connectivity index (χ2n) is 8.66. The van der Waals surface area contributed by atoms with Gasteiger partial charge in [-0.15, -0.1) is 0 Å². The lowest BCUT2D eigenvalue weighted by molar-refractivity contribution is 0.0497. The number of aromatic nitrogens is 2. The van der Waals surface area contributed by atoms with Crippen molar-refractivity contribution in [3.63, 3.8) is 0 Å². The van der Waals surface area contributed by atoms with Crippen LogP contribution in [0, 0.1) is 0 Å². The molecular formula is C27H38N2O2S. The van der Waals surface area contributed by atoms with Gasteiger partial charge < -0.3 is 4.74 Å². The molecule has 1 aromatic carbocycles. The van der Waals surface area contributed by atoms with Crippen LogP contribution in [0.4, 0.5) is 0 Å². The predicted octanol–water partition coefficient (Wildman–Crippen LogP) is 8.09. The molecule has 0 radical (unpaired) electrons. The summed E-state index contributed by atoms with van der Waals surface area (Å²) in [6.07, 6.45) is 18.9. The Balaban J connectivity index is 1.46. The minimum absolute atomic E-state index is 0.227. The fraction of sp³-hybridized carbons (Fsp3) is 0.556. The molecular weight excluding hydrogens is 416 g/mol. The summed E-state index contributed by atoms with van der Waals surface area (Å²) >= 11 is 1.69. The first-order valence-corrected chi connectivity index (χ1v) is 13.3. The van der Waals surface area contributed by atoms with Gasteiger partial charge in [-0.05, 0) is 37.0 Å². The summed E-state index contributed by atoms with van der Waals surface area (Å²) in [5.41, 5.74) is 2.91. The van der Waals surface area contributed by atoms with E-state index in [4.69, 9.17) is 9.72 Å². The molecule has 3 aromatic rings. The number of benzene rings is 1. The molecule has 0 aliphatic rings. The molecule has 5 heteroatoms. The van der Waals surface area contributed by atoms with E-state index in [0.29, 0.717) is 12.2 Å². The molecule has 0 atom stereocenters. The number of imidazole rings is 1. The van der Waals surface area contributed by atoms with E-state index in [-0.39, 0.29) is 5.97 Å². The van der Waals surface area contributed by atoms with Gasteiger partial charge >= 0.3 is 5.97 Å². The van der Waals surface area contributed by atoms with E-state index in [0.717, 1.165) is 34.7 Å². The molecule has 0 aliphatic carbocycles. The average molecular weight is 455 g/mol. The van der Waals surface area contributed by atoms with Crippen LogP contribution in [-0.4, -0.2) is 22.0 Å². The fourth-order valence-electron chi connectivity index (χ4n) is 3.91. The molecule has 174 valence electrons. The molecule has 0 fully saturated rings. The zero-order valence-electron chi connectivity index (χ0n) is 19.8. The molecule has 4 nitrogen and oxygen atoms in total. The van der Waals surface area contributed by atoms with Gasteiger partial charge in [-0.3, -0.25) is 4.40 Å². The van der Waals surface area contributed by atoms with Crippen molar-refractivity contribution in [1.82, 2.24) is 9.38 Å². The van der Waals surface area contributed by atoms with Crippen LogP contribution in [0.15, 0.2) is 36.7 Å². The molecule has 0 aliphatic heterocycles. The number of fused-ring (bicyclic) bond motifs is 1. The highest BCUT2D eigenvalue weighted by molar-refractivity contribution is 7.20. The number of carbonyl (C=O) groups is 1. The molecule has 0 amide bonds. The number of unbranched alkanes of at least 4 members (excludes halogenated alkanes) is 9. The summed E-state index contributed by atoms with van der Waals surface area (Å²) in [4.78, 5) is 19.3. The second kappa shape index (κ2) is 13.4. The number of hydrogen-bond acceptors (Lipinski definition) is 4. The first-order valence-electron chi connectivity index (χ1n) is 12.5. The monoisotopic (exact) mass is 454 g/mol. The third kappa shape index (κ3) is 7.47. The fourth-order valence-corrected chi connectivity index (χ4v) is 4.90. The highest BCUT2D eigenvalue weighted by atomic mass is 32.1. The van der Waals surface area contributed by atoms with Crippen molar-refractivity contribution in [3.05, 3.63) is 47.9 Å². The van der Waals surface area contributed by atoms with Crippen molar-refractivity contribution in [1.29, 1.82) is 0 Å². The lowest BCUT2D eigenvalue weighted by Crippen LogP contribution is -2.06. The van der Waals surface area contributed by atoms with Gasteiger partial charge in [0.1, 0.15) is 0 Å². The lowest BCUT2D eigenvalue weighted by atomic mass is 10.1. The standard InChI is InChI=1S/C27H38N2O2S/c1-3-5-7-9-11-13-19-31-26(30)23-17-15-22(16-18-23)25-21-29-20-24(28-27(29)32-25)14-12-10-8-6-4-2/h15-18,20-21H,3-14,19H2,1-2H3. The molecule has 0 saturated carbocycles. The van der Waals surface area contributed by atoms with Gasteiger partial charge in [0, 0.05) is 12.4 Å². The Kier molecular flexibility index (Phi) is 10.3. The van der Waals surface area contributed by atoms with Crippen molar-refractivity contribution in [2.24, 2.45) is 0 Å². The van der Waals surface area contributed by atoms with Crippen LogP contribution in [0.1, 0.15) is 101 Å². The minimum Gasteiger partial charge on any atom is -0.462 e. The predicted molar refractivity (Wildman–Crippen MR) is 135 cm³/mol. The first kappa shape index (κ1) is 24.5. The number of esters is 1. The van der Waals surface area contributed by atoms with Crippen LogP contribution < -0.4 is 0 Å². The quantitative estimate of drug-likeness (QED) is 0.172. The van der Waals surface area contributed by atoms with E-state index < -0.39 is 0 Å². The van der Waals surface area contributed by atoms with Gasteiger partial charge in [0.15, 0.2) is 4.96 Å². The Morgan fingerprint density at radius 3 is 2.22 bits per heavy atom. The van der Waals surface area contributed by atoms with Gasteiger partial charge in [-0.1, -0.05) is 95.1 Å². The number of carbonyl (C=O) groups excluding carboxylic acids is 1. The Hall–Kier alpha value is -2.14. The highest BCUT2D eigenvalue weighted by Gasteiger charge is 2.11. The maximum absolute atomic E-state index is 12.3. The zero-order chi connectivity index (χ0) is 22.6. The molecule has 0 N–H and O–H groups in total. The molecule has 3 rings (SSSR count). The minimum atomic E-state index is -0.227. The van der Waals surface area contributed by atoms with Crippen LogP contribution in [0.25, 0.3) is 15.4 Å². The van der Waals surface area contributed by atoms with Crippen molar-refractivity contribution in [3.8, 4) is 10.4 Å². The van der Waals surface area contributed by atoms with E-state index >= 15 is 0 Å². The average Bonchev–Trinajstić information content (AvgIpc) is 3.37. The SMILES string of the molecule is CCCCCCCCOC(=O)c1ccc(-c2cn3cc(CCCCCCC)nc3s2)cc1. The third-order valence-corrected chi connectivity index (χ3v) is 6.92. The first-order chi connectivity index (χ1) is 15.7. The van der Waals surface area contributed by atoms with Crippen molar-refractivity contribution >= 4 is 22.3 Å². The zero-order valence-corrected chi connectivity index (χ0v) is 20.6. The number of ether oxygens (including phenoxy) is 1. The molecule has 0 unspecified atom stereocenters. The Morgan fingerprint density at radius 1 is 0.875 bits per heavy atom. The van der Waals surface area contributed by atoms with Gasteiger partial charge in [0.05, 0.1) is 22.7 Å². The summed E-state index contributed by atoms with van der Waals surface area (Å²) in [6, 6.07) is 7.73. The second-order valence-corrected chi connectivity index (χ2v) is 9.67. The summed E-state index contributed by atoms with van der Waals surface area (Å²) in [5.74, 6) is -0.227. The molecule has 0 spiro atoms. The summed E-state index contributed by atoms with van der Waals surface area (Å²) in [5, 5.41) is 0. The lowest BCUT2D eigenvalue weighted by Gasteiger charge is -2.05. The largest absolute Gasteiger partial charge is 0.462 e. The third-order valence-electron chi connectivity index (χ3n) is 5.88. The van der Waals surface area contributed by atoms with Gasteiger partial charge in [-0.2, -0.15) is 0 Å².